The quantitative estimate of drug-likeness (QED) is 0.743. The van der Waals surface area contributed by atoms with E-state index in [1.165, 1.54) is 11.1 Å². The highest BCUT2D eigenvalue weighted by molar-refractivity contribution is 5.77. The average molecular weight is 368 g/mol. The summed E-state index contributed by atoms with van der Waals surface area (Å²) >= 11 is 0. The Morgan fingerprint density at radius 2 is 2.07 bits per heavy atom. The molecule has 2 aromatic rings. The summed E-state index contributed by atoms with van der Waals surface area (Å²) in [6.45, 7) is 6.64. The normalized spacial score (nSPS) is 19.4. The molecule has 1 amide bonds. The zero-order chi connectivity index (χ0) is 18.8. The van der Waals surface area contributed by atoms with Gasteiger partial charge in [0.2, 0.25) is 5.91 Å². The number of carbonyl (C=O) groups is 1. The molecule has 1 aliphatic carbocycles. The van der Waals surface area contributed by atoms with Gasteiger partial charge < -0.3 is 14.1 Å². The third-order valence-electron chi connectivity index (χ3n) is 5.68. The smallest absolute Gasteiger partial charge is 0.223 e. The van der Waals surface area contributed by atoms with Gasteiger partial charge in [-0.2, -0.15) is 0 Å². The van der Waals surface area contributed by atoms with Crippen LogP contribution in [0.2, 0.25) is 0 Å². The maximum atomic E-state index is 12.8. The number of aromatic nitrogens is 1. The van der Waals surface area contributed by atoms with Crippen LogP contribution in [0.25, 0.3) is 11.3 Å². The van der Waals surface area contributed by atoms with E-state index in [0.717, 1.165) is 50.3 Å². The lowest BCUT2D eigenvalue weighted by Crippen LogP contribution is -2.37. The van der Waals surface area contributed by atoms with Crippen molar-refractivity contribution in [3.63, 3.8) is 0 Å². The lowest BCUT2D eigenvalue weighted by atomic mass is 10.1. The minimum atomic E-state index is 0.218. The Morgan fingerprint density at radius 1 is 1.22 bits per heavy atom. The highest BCUT2D eigenvalue weighted by Gasteiger charge is 2.34. The van der Waals surface area contributed by atoms with Crippen LogP contribution in [0.15, 0.2) is 28.8 Å². The molecule has 1 aromatic carbocycles. The van der Waals surface area contributed by atoms with Crippen LogP contribution in [-0.4, -0.2) is 41.6 Å². The van der Waals surface area contributed by atoms with E-state index in [4.69, 9.17) is 9.15 Å². The minimum Gasteiger partial charge on any atom is -0.441 e. The van der Waals surface area contributed by atoms with E-state index >= 15 is 0 Å². The molecule has 0 bridgehead atoms. The van der Waals surface area contributed by atoms with Gasteiger partial charge in [-0.1, -0.05) is 12.1 Å². The second-order valence-corrected chi connectivity index (χ2v) is 7.92. The van der Waals surface area contributed by atoms with Crippen LogP contribution >= 0.6 is 0 Å². The van der Waals surface area contributed by atoms with Crippen molar-refractivity contribution < 1.29 is 13.9 Å². The molecule has 4 rings (SSSR count). The molecule has 1 saturated carbocycles. The molecule has 0 radical (unpaired) electrons. The molecule has 144 valence electrons. The van der Waals surface area contributed by atoms with Gasteiger partial charge >= 0.3 is 0 Å². The summed E-state index contributed by atoms with van der Waals surface area (Å²) < 4.78 is 11.4. The summed E-state index contributed by atoms with van der Waals surface area (Å²) in [6, 6.07) is 6.70. The lowest BCUT2D eigenvalue weighted by molar-refractivity contribution is -0.132. The van der Waals surface area contributed by atoms with Crippen molar-refractivity contribution in [3.8, 4) is 11.3 Å². The molecule has 2 heterocycles. The minimum absolute atomic E-state index is 0.218. The number of nitrogens with zero attached hydrogens (tertiary/aromatic N) is 2. The van der Waals surface area contributed by atoms with Gasteiger partial charge in [0.25, 0.3) is 0 Å². The Balaban J connectivity index is 1.35. The van der Waals surface area contributed by atoms with Crippen molar-refractivity contribution in [1.29, 1.82) is 0 Å². The highest BCUT2D eigenvalue weighted by atomic mass is 16.5. The summed E-state index contributed by atoms with van der Waals surface area (Å²) in [6.07, 6.45) is 6.10. The Labute approximate surface area is 160 Å². The number of hydrogen-bond acceptors (Lipinski definition) is 4. The largest absolute Gasteiger partial charge is 0.441 e. The molecule has 5 nitrogen and oxygen atoms in total. The Hall–Kier alpha value is -2.14. The monoisotopic (exact) mass is 368 g/mol. The molecule has 5 heteroatoms. The fraction of sp³-hybridized carbons (Fsp3) is 0.545. The van der Waals surface area contributed by atoms with Gasteiger partial charge in [-0.15, -0.1) is 0 Å². The lowest BCUT2D eigenvalue weighted by Gasteiger charge is -2.25. The van der Waals surface area contributed by atoms with Crippen LogP contribution in [0.1, 0.15) is 42.7 Å². The number of oxazole rings is 1. The first kappa shape index (κ1) is 18.2. The summed E-state index contributed by atoms with van der Waals surface area (Å²) in [5, 5.41) is 0. The van der Waals surface area contributed by atoms with E-state index in [2.05, 4.69) is 41.9 Å². The van der Waals surface area contributed by atoms with Crippen LogP contribution in [0.4, 0.5) is 0 Å². The number of benzene rings is 1. The molecular formula is C22H28N2O3. The van der Waals surface area contributed by atoms with E-state index in [0.29, 0.717) is 30.7 Å². The average Bonchev–Trinajstić information content (AvgIpc) is 3.17. The van der Waals surface area contributed by atoms with Crippen LogP contribution in [0, 0.1) is 19.8 Å². The van der Waals surface area contributed by atoms with Crippen LogP contribution in [-0.2, 0) is 16.0 Å². The molecule has 0 spiro atoms. The second kappa shape index (κ2) is 7.85. The predicted octanol–water partition coefficient (Wildman–Crippen LogP) is 3.92. The topological polar surface area (TPSA) is 55.6 Å². The van der Waals surface area contributed by atoms with E-state index in [1.807, 2.05) is 0 Å². The number of amides is 1. The Kier molecular flexibility index (Phi) is 5.30. The van der Waals surface area contributed by atoms with Crippen LogP contribution < -0.4 is 0 Å². The number of hydrogen-bond donors (Lipinski definition) is 0. The molecule has 1 aromatic heterocycles. The zero-order valence-electron chi connectivity index (χ0n) is 16.2. The highest BCUT2D eigenvalue weighted by Crippen LogP contribution is 2.30. The van der Waals surface area contributed by atoms with Crippen molar-refractivity contribution in [1.82, 2.24) is 9.88 Å². The third-order valence-corrected chi connectivity index (χ3v) is 5.68. The van der Waals surface area contributed by atoms with Crippen molar-refractivity contribution >= 4 is 5.91 Å². The third kappa shape index (κ3) is 4.41. The first-order valence-electron chi connectivity index (χ1n) is 9.99. The van der Waals surface area contributed by atoms with Gasteiger partial charge in [0.05, 0.1) is 12.8 Å². The zero-order valence-corrected chi connectivity index (χ0v) is 16.2. The molecular weight excluding hydrogens is 340 g/mol. The van der Waals surface area contributed by atoms with Crippen LogP contribution in [0.3, 0.4) is 0 Å². The molecule has 1 unspecified atom stereocenters. The maximum Gasteiger partial charge on any atom is 0.223 e. The maximum absolute atomic E-state index is 12.8. The summed E-state index contributed by atoms with van der Waals surface area (Å²) in [5.41, 5.74) is 3.53. The Bertz CT molecular complexity index is 804. The first-order valence-corrected chi connectivity index (χ1v) is 9.99. The van der Waals surface area contributed by atoms with Gasteiger partial charge in [0, 0.05) is 43.5 Å². The predicted molar refractivity (Wildman–Crippen MR) is 103 cm³/mol. The molecule has 2 aliphatic rings. The molecule has 0 N–H and O–H groups in total. The van der Waals surface area contributed by atoms with E-state index in [-0.39, 0.29) is 5.91 Å². The molecule has 27 heavy (non-hydrogen) atoms. The SMILES string of the molecule is Cc1ccc(-c2cnc(CCC(=O)N(CC3CCOC3)C3CC3)o2)cc1C. The molecule has 1 atom stereocenters. The standard InChI is InChI=1S/C22H28N2O3/c1-15-3-4-18(11-16(15)2)20-12-23-21(27-20)7-8-22(25)24(19-5-6-19)13-17-9-10-26-14-17/h3-4,11-12,17,19H,5-10,13-14H2,1-2H3. The number of ether oxygens (including phenoxy) is 1. The van der Waals surface area contributed by atoms with Gasteiger partial charge in [-0.05, 0) is 50.3 Å². The van der Waals surface area contributed by atoms with Crippen molar-refractivity contribution in [2.45, 2.75) is 52.0 Å². The fourth-order valence-corrected chi connectivity index (χ4v) is 3.66. The molecule has 1 saturated heterocycles. The van der Waals surface area contributed by atoms with Crippen molar-refractivity contribution in [3.05, 3.63) is 41.4 Å². The number of carbonyl (C=O) groups excluding carboxylic acids is 1. The van der Waals surface area contributed by atoms with Crippen molar-refractivity contribution in [2.75, 3.05) is 19.8 Å². The summed E-state index contributed by atoms with van der Waals surface area (Å²) in [7, 11) is 0. The Morgan fingerprint density at radius 3 is 2.78 bits per heavy atom. The van der Waals surface area contributed by atoms with Crippen LogP contribution in [0.5, 0.6) is 0 Å². The first-order chi connectivity index (χ1) is 13.1. The van der Waals surface area contributed by atoms with Gasteiger partial charge in [0.1, 0.15) is 0 Å². The van der Waals surface area contributed by atoms with E-state index < -0.39 is 0 Å². The second-order valence-electron chi connectivity index (χ2n) is 7.92. The van der Waals surface area contributed by atoms with Gasteiger partial charge in [-0.3, -0.25) is 4.79 Å². The van der Waals surface area contributed by atoms with E-state index in [9.17, 15) is 4.79 Å². The summed E-state index contributed by atoms with van der Waals surface area (Å²) in [5.74, 6) is 2.11. The van der Waals surface area contributed by atoms with Gasteiger partial charge in [0.15, 0.2) is 11.7 Å². The fourth-order valence-electron chi connectivity index (χ4n) is 3.66. The van der Waals surface area contributed by atoms with Crippen molar-refractivity contribution in [2.24, 2.45) is 5.92 Å². The number of rotatable bonds is 7. The number of aryl methyl sites for hydroxylation is 3. The van der Waals surface area contributed by atoms with Gasteiger partial charge in [-0.25, -0.2) is 4.98 Å². The summed E-state index contributed by atoms with van der Waals surface area (Å²) in [4.78, 5) is 19.2. The molecule has 1 aliphatic heterocycles. The molecule has 2 fully saturated rings. The van der Waals surface area contributed by atoms with E-state index in [1.54, 1.807) is 6.20 Å².